The molecule has 1 aromatic heterocycles. The minimum Gasteiger partial charge on any atom is -0.438 e. The fourth-order valence-corrected chi connectivity index (χ4v) is 5.77. The van der Waals surface area contributed by atoms with E-state index in [9.17, 15) is 14.0 Å². The van der Waals surface area contributed by atoms with Crippen LogP contribution in [-0.2, 0) is 4.79 Å². The summed E-state index contributed by atoms with van der Waals surface area (Å²) in [5.41, 5.74) is 1.59. The number of halogens is 1. The molecule has 8 nitrogen and oxygen atoms in total. The van der Waals surface area contributed by atoms with E-state index >= 15 is 0 Å². The topological polar surface area (TPSA) is 87.7 Å². The van der Waals surface area contributed by atoms with E-state index in [1.807, 2.05) is 29.2 Å². The maximum atomic E-state index is 14.5. The molecule has 1 atom stereocenters. The van der Waals surface area contributed by atoms with E-state index in [1.54, 1.807) is 37.4 Å². The van der Waals surface area contributed by atoms with Gasteiger partial charge in [0.15, 0.2) is 5.78 Å². The Morgan fingerprint density at radius 2 is 1.76 bits per heavy atom. The standard InChI is InChI=1S/C32H32FN5O3/c1-21(39)28-10-7-17-38(28)32-34-14-13-30(36-32)41-29-12-11-27(25-8-3-4-9-26(25)29)35-31(40)22-18-23(33)20-24(19-22)37-15-5-2-6-16-37/h3-4,8-9,11-14,18-20,28H,2,5-7,10,15-17H2,1H3,(H,35,40)/t28-/m0/s1. The number of carbonyl (C=O) groups excluding carboxylic acids is 2. The largest absolute Gasteiger partial charge is 0.438 e. The van der Waals surface area contributed by atoms with Crippen LogP contribution in [0.5, 0.6) is 11.6 Å². The highest BCUT2D eigenvalue weighted by Gasteiger charge is 2.30. The summed E-state index contributed by atoms with van der Waals surface area (Å²) in [5.74, 6) is 0.670. The molecule has 41 heavy (non-hydrogen) atoms. The highest BCUT2D eigenvalue weighted by molar-refractivity contribution is 6.10. The summed E-state index contributed by atoms with van der Waals surface area (Å²) in [7, 11) is 0. The Morgan fingerprint density at radius 1 is 0.951 bits per heavy atom. The van der Waals surface area contributed by atoms with E-state index in [1.165, 1.54) is 18.6 Å². The molecule has 6 rings (SSSR count). The first-order valence-electron chi connectivity index (χ1n) is 14.1. The van der Waals surface area contributed by atoms with Crippen molar-refractivity contribution in [2.24, 2.45) is 0 Å². The number of ether oxygens (including phenoxy) is 1. The summed E-state index contributed by atoms with van der Waals surface area (Å²) < 4.78 is 20.7. The van der Waals surface area contributed by atoms with Gasteiger partial charge >= 0.3 is 0 Å². The molecule has 0 unspecified atom stereocenters. The van der Waals surface area contributed by atoms with Crippen LogP contribution >= 0.6 is 0 Å². The van der Waals surface area contributed by atoms with E-state index in [-0.39, 0.29) is 23.3 Å². The van der Waals surface area contributed by atoms with E-state index in [4.69, 9.17) is 4.74 Å². The number of carbonyl (C=O) groups is 2. The van der Waals surface area contributed by atoms with Gasteiger partial charge in [-0.3, -0.25) is 9.59 Å². The lowest BCUT2D eigenvalue weighted by Crippen LogP contribution is -2.35. The van der Waals surface area contributed by atoms with Gasteiger partial charge in [0, 0.05) is 59.6 Å². The number of hydrogen-bond acceptors (Lipinski definition) is 7. The molecule has 9 heteroatoms. The van der Waals surface area contributed by atoms with Gasteiger partial charge in [-0.15, -0.1) is 0 Å². The number of nitrogens with one attached hydrogen (secondary N) is 1. The van der Waals surface area contributed by atoms with Crippen LogP contribution in [0.4, 0.5) is 21.7 Å². The first-order chi connectivity index (χ1) is 20.0. The summed E-state index contributed by atoms with van der Waals surface area (Å²) in [6.45, 7) is 4.03. The van der Waals surface area contributed by atoms with E-state index in [0.717, 1.165) is 61.8 Å². The van der Waals surface area contributed by atoms with Crippen LogP contribution < -0.4 is 19.9 Å². The number of nitrogens with zero attached hydrogens (tertiary/aromatic N) is 4. The van der Waals surface area contributed by atoms with Gasteiger partial charge in [0.1, 0.15) is 11.6 Å². The lowest BCUT2D eigenvalue weighted by molar-refractivity contribution is -0.118. The predicted molar refractivity (Wildman–Crippen MR) is 158 cm³/mol. The second kappa shape index (κ2) is 11.5. The van der Waals surface area contributed by atoms with E-state index in [2.05, 4.69) is 20.2 Å². The van der Waals surface area contributed by atoms with Crippen LogP contribution in [0.2, 0.25) is 0 Å². The molecule has 3 aromatic carbocycles. The van der Waals surface area contributed by atoms with Crippen LogP contribution in [-0.4, -0.2) is 47.3 Å². The minimum atomic E-state index is -0.431. The molecule has 2 saturated heterocycles. The Labute approximate surface area is 238 Å². The molecule has 0 aliphatic carbocycles. The highest BCUT2D eigenvalue weighted by atomic mass is 19.1. The highest BCUT2D eigenvalue weighted by Crippen LogP contribution is 2.35. The maximum absolute atomic E-state index is 14.5. The van der Waals surface area contributed by atoms with Crippen molar-refractivity contribution < 1.29 is 18.7 Å². The summed E-state index contributed by atoms with van der Waals surface area (Å²) in [5, 5.41) is 4.52. The molecule has 4 aromatic rings. The van der Waals surface area contributed by atoms with Gasteiger partial charge in [-0.2, -0.15) is 4.98 Å². The third-order valence-electron chi connectivity index (χ3n) is 7.81. The number of ketones is 1. The lowest BCUT2D eigenvalue weighted by atomic mass is 10.1. The quantitative estimate of drug-likeness (QED) is 0.285. The van der Waals surface area contributed by atoms with Crippen molar-refractivity contribution in [3.05, 3.63) is 78.2 Å². The van der Waals surface area contributed by atoms with E-state index in [0.29, 0.717) is 23.3 Å². The molecular formula is C32H32FN5O3. The van der Waals surface area contributed by atoms with Crippen LogP contribution in [0.3, 0.4) is 0 Å². The van der Waals surface area contributed by atoms with Crippen molar-refractivity contribution in [1.82, 2.24) is 9.97 Å². The van der Waals surface area contributed by atoms with Crippen molar-refractivity contribution in [3.8, 4) is 11.6 Å². The first kappa shape index (κ1) is 26.7. The molecule has 2 aliphatic heterocycles. The molecule has 1 amide bonds. The number of hydrogen-bond donors (Lipinski definition) is 1. The Morgan fingerprint density at radius 3 is 2.56 bits per heavy atom. The van der Waals surface area contributed by atoms with Gasteiger partial charge in [0.2, 0.25) is 11.8 Å². The van der Waals surface area contributed by atoms with E-state index < -0.39 is 5.82 Å². The van der Waals surface area contributed by atoms with Crippen molar-refractivity contribution in [3.63, 3.8) is 0 Å². The zero-order valence-electron chi connectivity index (χ0n) is 23.0. The molecule has 1 N–H and O–H groups in total. The second-order valence-corrected chi connectivity index (χ2v) is 10.6. The molecule has 0 saturated carbocycles. The van der Waals surface area contributed by atoms with Crippen LogP contribution in [0.1, 0.15) is 49.4 Å². The summed E-state index contributed by atoms with van der Waals surface area (Å²) in [6.07, 6.45) is 6.62. The zero-order chi connectivity index (χ0) is 28.3. The first-order valence-corrected chi connectivity index (χ1v) is 14.1. The summed E-state index contributed by atoms with van der Waals surface area (Å²) in [6, 6.07) is 17.1. The Kier molecular flexibility index (Phi) is 7.50. The zero-order valence-corrected chi connectivity index (χ0v) is 23.0. The number of Topliss-reactive ketones (excluding diaryl/α,β-unsaturated/α-hetero) is 1. The van der Waals surface area contributed by atoms with Gasteiger partial charge in [0.25, 0.3) is 5.91 Å². The number of benzene rings is 3. The molecule has 0 radical (unpaired) electrons. The van der Waals surface area contributed by atoms with Crippen molar-refractivity contribution >= 4 is 39.8 Å². The molecular weight excluding hydrogens is 521 g/mol. The summed E-state index contributed by atoms with van der Waals surface area (Å²) >= 11 is 0. The molecule has 3 heterocycles. The Balaban J connectivity index is 1.25. The fraction of sp³-hybridized carbons (Fsp3) is 0.312. The average molecular weight is 554 g/mol. The fourth-order valence-electron chi connectivity index (χ4n) is 5.77. The molecule has 2 fully saturated rings. The number of anilines is 3. The Bertz CT molecular complexity index is 1600. The van der Waals surface area contributed by atoms with Crippen LogP contribution in [0, 0.1) is 5.82 Å². The SMILES string of the molecule is CC(=O)[C@@H]1CCCN1c1nccc(Oc2ccc(NC(=O)c3cc(F)cc(N4CCCCC4)c3)c3ccccc23)n1. The van der Waals surface area contributed by atoms with Gasteiger partial charge in [-0.1, -0.05) is 24.3 Å². The Hall–Kier alpha value is -4.53. The number of rotatable bonds is 7. The van der Waals surface area contributed by atoms with Gasteiger partial charge in [-0.25, -0.2) is 9.37 Å². The monoisotopic (exact) mass is 553 g/mol. The second-order valence-electron chi connectivity index (χ2n) is 10.6. The normalized spacial score (nSPS) is 17.1. The third kappa shape index (κ3) is 5.70. The molecule has 0 bridgehead atoms. The third-order valence-corrected chi connectivity index (χ3v) is 7.81. The molecule has 2 aliphatic rings. The van der Waals surface area contributed by atoms with Gasteiger partial charge < -0.3 is 19.9 Å². The number of piperidine rings is 1. The van der Waals surface area contributed by atoms with Crippen molar-refractivity contribution in [1.29, 1.82) is 0 Å². The average Bonchev–Trinajstić information content (AvgIpc) is 3.50. The predicted octanol–water partition coefficient (Wildman–Crippen LogP) is 6.36. The van der Waals surface area contributed by atoms with Crippen molar-refractivity contribution in [2.75, 3.05) is 34.8 Å². The number of amides is 1. The van der Waals surface area contributed by atoms with Gasteiger partial charge in [0.05, 0.1) is 6.04 Å². The van der Waals surface area contributed by atoms with Crippen molar-refractivity contribution in [2.45, 2.75) is 45.1 Å². The number of aromatic nitrogens is 2. The van der Waals surface area contributed by atoms with Crippen LogP contribution in [0.15, 0.2) is 66.9 Å². The number of fused-ring (bicyclic) bond motifs is 1. The van der Waals surface area contributed by atoms with Crippen LogP contribution in [0.25, 0.3) is 10.8 Å². The minimum absolute atomic E-state index is 0.0991. The smallest absolute Gasteiger partial charge is 0.255 e. The summed E-state index contributed by atoms with van der Waals surface area (Å²) in [4.78, 5) is 38.4. The molecule has 0 spiro atoms. The molecule has 210 valence electrons. The van der Waals surface area contributed by atoms with Gasteiger partial charge in [-0.05, 0) is 69.4 Å². The maximum Gasteiger partial charge on any atom is 0.255 e. The lowest BCUT2D eigenvalue weighted by Gasteiger charge is -2.29.